The Balaban J connectivity index is 1.08. The van der Waals surface area contributed by atoms with E-state index >= 15 is 0 Å². The Morgan fingerprint density at radius 2 is 1.38 bits per heavy atom. The molecular formula is C41H49N7O4. The van der Waals surface area contributed by atoms with E-state index in [4.69, 9.17) is 14.5 Å². The number of aliphatic hydroxyl groups excluding tert-OH is 1. The fourth-order valence-electron chi connectivity index (χ4n) is 6.52. The summed E-state index contributed by atoms with van der Waals surface area (Å²) >= 11 is 0. The number of nitrogens with one attached hydrogen (secondary N) is 2. The zero-order valence-electron chi connectivity index (χ0n) is 31.1. The van der Waals surface area contributed by atoms with Crippen molar-refractivity contribution in [2.45, 2.75) is 99.4 Å². The lowest BCUT2D eigenvalue weighted by molar-refractivity contribution is -0.129. The molecule has 11 heteroatoms. The Labute approximate surface area is 305 Å². The van der Waals surface area contributed by atoms with Gasteiger partial charge in [-0.1, -0.05) is 24.3 Å². The van der Waals surface area contributed by atoms with Gasteiger partial charge in [0.05, 0.1) is 51.1 Å². The van der Waals surface area contributed by atoms with Crippen molar-refractivity contribution in [2.24, 2.45) is 0 Å². The molecule has 52 heavy (non-hydrogen) atoms. The van der Waals surface area contributed by atoms with Crippen LogP contribution in [0.5, 0.6) is 11.5 Å². The number of carbonyl (C=O) groups is 1. The summed E-state index contributed by atoms with van der Waals surface area (Å²) in [6.45, 7) is 13.1. The number of ether oxygens (including phenoxy) is 2. The molecule has 3 aromatic heterocycles. The Morgan fingerprint density at radius 1 is 0.750 bits per heavy atom. The number of rotatable bonds is 14. The van der Waals surface area contributed by atoms with Crippen LogP contribution in [0.4, 0.5) is 5.69 Å². The van der Waals surface area contributed by atoms with E-state index in [0.29, 0.717) is 31.0 Å². The van der Waals surface area contributed by atoms with E-state index in [-0.39, 0.29) is 19.6 Å². The highest BCUT2D eigenvalue weighted by Gasteiger charge is 2.20. The number of amides is 1. The second-order valence-electron chi connectivity index (χ2n) is 13.6. The van der Waals surface area contributed by atoms with E-state index < -0.39 is 12.0 Å². The topological polar surface area (TPSA) is 144 Å². The summed E-state index contributed by atoms with van der Waals surface area (Å²) in [6, 6.07) is 13.7. The van der Waals surface area contributed by atoms with Gasteiger partial charge in [-0.05, 0) is 103 Å². The Hall–Kier alpha value is -5.16. The molecule has 3 N–H and O–H groups in total. The highest BCUT2D eigenvalue weighted by molar-refractivity contribution is 5.93. The first-order chi connectivity index (χ1) is 25.1. The second-order valence-corrected chi connectivity index (χ2v) is 13.6. The molecule has 6 rings (SSSR count). The minimum atomic E-state index is -1.23. The number of benzene rings is 2. The molecule has 0 saturated heterocycles. The Bertz CT molecular complexity index is 2080. The third-order valence-electron chi connectivity index (χ3n) is 9.75. The summed E-state index contributed by atoms with van der Waals surface area (Å²) in [5.41, 5.74) is 11.9. The Morgan fingerprint density at radius 3 is 2.10 bits per heavy atom. The van der Waals surface area contributed by atoms with E-state index in [2.05, 4.69) is 42.7 Å². The fourth-order valence-corrected chi connectivity index (χ4v) is 6.52. The zero-order chi connectivity index (χ0) is 36.8. The standard InChI is InChI=1S/C41H49N7O4/c1-24-26(3)46-35(28(5)44-24)22-51-38-17-16-30(21-39(38)52-23-36-29(6)45-25(2)27(4)47-36)20-37(49)41(50)43-19-11-18-42-40-31-12-7-9-14-33(31)48-34-15-10-8-13-32(34)40/h7,9,12,14,16-17,21,37,49H,8,10-11,13,15,18-20,22-23H2,1-6H3,(H,42,48)(H,43,50). The average molecular weight is 704 g/mol. The molecule has 1 aliphatic rings. The maximum Gasteiger partial charge on any atom is 0.249 e. The van der Waals surface area contributed by atoms with E-state index in [1.54, 1.807) is 12.1 Å². The van der Waals surface area contributed by atoms with Gasteiger partial charge < -0.3 is 25.2 Å². The monoisotopic (exact) mass is 703 g/mol. The highest BCUT2D eigenvalue weighted by Crippen LogP contribution is 2.34. The first-order valence-corrected chi connectivity index (χ1v) is 18.2. The number of aliphatic hydroxyl groups is 1. The van der Waals surface area contributed by atoms with Gasteiger partial charge in [-0.2, -0.15) is 0 Å². The van der Waals surface area contributed by atoms with Crippen LogP contribution in [0.25, 0.3) is 10.9 Å². The molecule has 5 aromatic rings. The van der Waals surface area contributed by atoms with Crippen LogP contribution in [-0.2, 0) is 37.3 Å². The van der Waals surface area contributed by atoms with Crippen LogP contribution in [0.15, 0.2) is 42.5 Å². The number of para-hydroxylation sites is 1. The number of fused-ring (bicyclic) bond motifs is 2. The summed E-state index contributed by atoms with van der Waals surface area (Å²) in [5.74, 6) is 0.558. The van der Waals surface area contributed by atoms with E-state index in [9.17, 15) is 9.90 Å². The summed E-state index contributed by atoms with van der Waals surface area (Å²) < 4.78 is 12.5. The lowest BCUT2D eigenvalue weighted by Gasteiger charge is -2.21. The quantitative estimate of drug-likeness (QED) is 0.114. The smallest absolute Gasteiger partial charge is 0.249 e. The van der Waals surface area contributed by atoms with Gasteiger partial charge in [-0.15, -0.1) is 0 Å². The molecule has 11 nitrogen and oxygen atoms in total. The van der Waals surface area contributed by atoms with Gasteiger partial charge in [0.2, 0.25) is 5.91 Å². The zero-order valence-corrected chi connectivity index (χ0v) is 31.1. The number of carbonyl (C=O) groups excluding carboxylic acids is 1. The van der Waals surface area contributed by atoms with Gasteiger partial charge in [0.1, 0.15) is 19.3 Å². The molecule has 0 saturated carbocycles. The molecule has 0 aliphatic heterocycles. The van der Waals surface area contributed by atoms with Crippen LogP contribution in [0.3, 0.4) is 0 Å². The van der Waals surface area contributed by atoms with Crippen molar-refractivity contribution in [2.75, 3.05) is 18.4 Å². The predicted molar refractivity (Wildman–Crippen MR) is 202 cm³/mol. The summed E-state index contributed by atoms with van der Waals surface area (Å²) in [4.78, 5) is 36.4. The van der Waals surface area contributed by atoms with E-state index in [0.717, 1.165) is 80.5 Å². The molecule has 272 valence electrons. The van der Waals surface area contributed by atoms with Gasteiger partial charge in [-0.3, -0.25) is 29.7 Å². The number of aromatic nitrogens is 5. The van der Waals surface area contributed by atoms with Crippen molar-refractivity contribution >= 4 is 22.5 Å². The minimum absolute atomic E-state index is 0.111. The summed E-state index contributed by atoms with van der Waals surface area (Å²) in [6.07, 6.45) is 3.96. The van der Waals surface area contributed by atoms with Crippen molar-refractivity contribution in [3.8, 4) is 11.5 Å². The van der Waals surface area contributed by atoms with Crippen molar-refractivity contribution in [1.29, 1.82) is 0 Å². The van der Waals surface area contributed by atoms with Crippen molar-refractivity contribution in [3.05, 3.63) is 105 Å². The number of aryl methyl sites for hydroxylation is 7. The number of anilines is 1. The normalized spacial score (nSPS) is 13.1. The molecule has 1 amide bonds. The summed E-state index contributed by atoms with van der Waals surface area (Å²) in [7, 11) is 0. The van der Waals surface area contributed by atoms with Crippen LogP contribution in [0.2, 0.25) is 0 Å². The molecule has 0 radical (unpaired) electrons. The maximum absolute atomic E-state index is 13.0. The van der Waals surface area contributed by atoms with Gasteiger partial charge in [0.25, 0.3) is 0 Å². The third kappa shape index (κ3) is 8.65. The molecule has 2 aromatic carbocycles. The van der Waals surface area contributed by atoms with E-state index in [1.807, 2.05) is 59.7 Å². The highest BCUT2D eigenvalue weighted by atomic mass is 16.5. The van der Waals surface area contributed by atoms with Crippen molar-refractivity contribution < 1.29 is 19.4 Å². The molecule has 0 spiro atoms. The van der Waals surface area contributed by atoms with Crippen LogP contribution in [0, 0.1) is 41.5 Å². The van der Waals surface area contributed by atoms with Crippen LogP contribution in [-0.4, -0.2) is 55.1 Å². The molecule has 1 aliphatic carbocycles. The number of hydrogen-bond donors (Lipinski definition) is 3. The lowest BCUT2D eigenvalue weighted by atomic mass is 9.92. The summed E-state index contributed by atoms with van der Waals surface area (Å²) in [5, 5.41) is 18.6. The maximum atomic E-state index is 13.0. The first-order valence-electron chi connectivity index (χ1n) is 18.2. The SMILES string of the molecule is Cc1nc(C)c(COc2ccc(CC(O)C(=O)NCCCNc3c4c(nc5ccccc35)CCCC4)cc2OCc2nc(C)c(C)nc2C)nc1C. The van der Waals surface area contributed by atoms with Crippen LogP contribution >= 0.6 is 0 Å². The second kappa shape index (κ2) is 16.5. The number of nitrogens with zero attached hydrogens (tertiary/aromatic N) is 5. The fraction of sp³-hybridized carbons (Fsp3) is 0.415. The van der Waals surface area contributed by atoms with Crippen LogP contribution < -0.4 is 20.1 Å². The third-order valence-corrected chi connectivity index (χ3v) is 9.75. The largest absolute Gasteiger partial charge is 0.483 e. The predicted octanol–water partition coefficient (Wildman–Crippen LogP) is 6.22. The molecule has 1 unspecified atom stereocenters. The molecule has 0 fully saturated rings. The number of hydrogen-bond acceptors (Lipinski definition) is 10. The molecule has 1 atom stereocenters. The van der Waals surface area contributed by atoms with Gasteiger partial charge in [0, 0.05) is 36.3 Å². The van der Waals surface area contributed by atoms with Crippen molar-refractivity contribution in [1.82, 2.24) is 30.2 Å². The Kier molecular flexibility index (Phi) is 11.6. The van der Waals surface area contributed by atoms with E-state index in [1.165, 1.54) is 24.1 Å². The van der Waals surface area contributed by atoms with Gasteiger partial charge >= 0.3 is 0 Å². The molecule has 0 bridgehead atoms. The average Bonchev–Trinajstić information content (AvgIpc) is 3.13. The van der Waals surface area contributed by atoms with Crippen molar-refractivity contribution in [3.63, 3.8) is 0 Å². The number of pyridine rings is 1. The van der Waals surface area contributed by atoms with Gasteiger partial charge in [0.15, 0.2) is 11.5 Å². The minimum Gasteiger partial charge on any atom is -0.483 e. The van der Waals surface area contributed by atoms with Crippen LogP contribution in [0.1, 0.15) is 81.6 Å². The molecule has 3 heterocycles. The van der Waals surface area contributed by atoms with Gasteiger partial charge in [-0.25, -0.2) is 0 Å². The first kappa shape index (κ1) is 36.6. The molecular weight excluding hydrogens is 654 g/mol. The lowest BCUT2D eigenvalue weighted by Crippen LogP contribution is -2.36.